The fourth-order valence-corrected chi connectivity index (χ4v) is 4.84. The molecule has 3 rings (SSSR count). The lowest BCUT2D eigenvalue weighted by atomic mass is 10.0. The molecule has 2 atom stereocenters. The molecule has 0 amide bonds. The minimum absolute atomic E-state index is 0.436. The Morgan fingerprint density at radius 2 is 1.70 bits per heavy atom. The van der Waals surface area contributed by atoms with Crippen LogP contribution < -0.4 is 4.90 Å². The molecule has 1 nitrogen and oxygen atoms in total. The zero-order valence-electron chi connectivity index (χ0n) is 10.6. The molecule has 1 aromatic rings. The van der Waals surface area contributed by atoms with Gasteiger partial charge in [-0.2, -0.15) is 13.2 Å². The van der Waals surface area contributed by atoms with Gasteiger partial charge in [-0.15, -0.1) is 0 Å². The van der Waals surface area contributed by atoms with Gasteiger partial charge in [0.25, 0.3) is 0 Å². The van der Waals surface area contributed by atoms with Crippen molar-refractivity contribution < 1.29 is 13.2 Å². The number of nitrogens with zero attached hydrogens (tertiary/aromatic N) is 1. The number of rotatable bonds is 1. The van der Waals surface area contributed by atoms with E-state index in [1.807, 2.05) is 0 Å². The highest BCUT2D eigenvalue weighted by atomic mass is 79.9. The van der Waals surface area contributed by atoms with E-state index in [-0.39, 0.29) is 0 Å². The van der Waals surface area contributed by atoms with Crippen LogP contribution in [0.4, 0.5) is 18.9 Å². The lowest BCUT2D eigenvalue weighted by Crippen LogP contribution is -2.43. The molecule has 1 aromatic carbocycles. The summed E-state index contributed by atoms with van der Waals surface area (Å²) in [5.74, 6) is 0. The summed E-state index contributed by atoms with van der Waals surface area (Å²) in [6, 6.07) is 4.85. The molecule has 2 bridgehead atoms. The van der Waals surface area contributed by atoms with Crippen molar-refractivity contribution in [2.45, 2.75) is 48.8 Å². The van der Waals surface area contributed by atoms with Crippen molar-refractivity contribution in [3.8, 4) is 0 Å². The first kappa shape index (κ1) is 14.7. The second kappa shape index (κ2) is 5.20. The summed E-state index contributed by atoms with van der Waals surface area (Å²) >= 11 is 7.00. The van der Waals surface area contributed by atoms with Crippen LogP contribution in [0.5, 0.6) is 0 Å². The fraction of sp³-hybridized carbons (Fsp3) is 0.571. The molecule has 110 valence electrons. The number of anilines is 1. The van der Waals surface area contributed by atoms with Crippen LogP contribution in [0, 0.1) is 0 Å². The van der Waals surface area contributed by atoms with E-state index < -0.39 is 11.7 Å². The number of hydrogen-bond acceptors (Lipinski definition) is 1. The molecular formula is C14H14Br2F3N. The summed E-state index contributed by atoms with van der Waals surface area (Å²) in [5.41, 5.74) is 0.292. The monoisotopic (exact) mass is 411 g/mol. The summed E-state index contributed by atoms with van der Waals surface area (Å²) in [7, 11) is 0. The molecule has 2 aliphatic rings. The van der Waals surface area contributed by atoms with Gasteiger partial charge >= 0.3 is 6.18 Å². The number of alkyl halides is 4. The first-order chi connectivity index (χ1) is 9.36. The van der Waals surface area contributed by atoms with Gasteiger partial charge in [-0.25, -0.2) is 0 Å². The van der Waals surface area contributed by atoms with Crippen LogP contribution >= 0.6 is 31.9 Å². The predicted octanol–water partition coefficient (Wildman–Crippen LogP) is 5.36. The molecule has 2 saturated heterocycles. The van der Waals surface area contributed by atoms with Gasteiger partial charge in [-0.3, -0.25) is 0 Å². The highest BCUT2D eigenvalue weighted by Crippen LogP contribution is 2.44. The smallest absolute Gasteiger partial charge is 0.365 e. The van der Waals surface area contributed by atoms with Crippen molar-refractivity contribution in [1.82, 2.24) is 0 Å². The van der Waals surface area contributed by atoms with Crippen molar-refractivity contribution in [2.75, 3.05) is 4.90 Å². The molecule has 0 spiro atoms. The molecule has 2 aliphatic heterocycles. The molecule has 0 aromatic heterocycles. The van der Waals surface area contributed by atoms with E-state index in [1.165, 1.54) is 12.1 Å². The lowest BCUT2D eigenvalue weighted by Gasteiger charge is -2.39. The maximum absolute atomic E-state index is 12.7. The molecule has 0 radical (unpaired) electrons. The number of hydrogen-bond donors (Lipinski definition) is 0. The van der Waals surface area contributed by atoms with Gasteiger partial charge in [0.2, 0.25) is 0 Å². The zero-order chi connectivity index (χ0) is 14.5. The third-order valence-electron chi connectivity index (χ3n) is 4.23. The molecule has 20 heavy (non-hydrogen) atoms. The largest absolute Gasteiger partial charge is 0.416 e. The van der Waals surface area contributed by atoms with E-state index in [4.69, 9.17) is 0 Å². The predicted molar refractivity (Wildman–Crippen MR) is 80.4 cm³/mol. The fourth-order valence-electron chi connectivity index (χ4n) is 3.40. The number of halogens is 5. The molecule has 6 heteroatoms. The summed E-state index contributed by atoms with van der Waals surface area (Å²) in [6.07, 6.45) is 0.0806. The van der Waals surface area contributed by atoms with Gasteiger partial charge in [0.15, 0.2) is 0 Å². The molecule has 0 N–H and O–H groups in total. The summed E-state index contributed by atoms with van der Waals surface area (Å²) in [4.78, 5) is 2.84. The van der Waals surface area contributed by atoms with Gasteiger partial charge in [0, 0.05) is 21.4 Å². The third kappa shape index (κ3) is 2.61. The van der Waals surface area contributed by atoms with Crippen molar-refractivity contribution >= 4 is 37.5 Å². The first-order valence-corrected chi connectivity index (χ1v) is 8.36. The minimum atomic E-state index is -4.29. The quantitative estimate of drug-likeness (QED) is 0.561. The van der Waals surface area contributed by atoms with Crippen LogP contribution in [0.25, 0.3) is 0 Å². The van der Waals surface area contributed by atoms with Crippen molar-refractivity contribution in [3.05, 3.63) is 28.2 Å². The first-order valence-electron chi connectivity index (χ1n) is 6.65. The normalized spacial score (nSPS) is 29.9. The number of benzene rings is 1. The molecular weight excluding hydrogens is 399 g/mol. The van der Waals surface area contributed by atoms with Crippen LogP contribution in [0.15, 0.2) is 22.7 Å². The van der Waals surface area contributed by atoms with Crippen molar-refractivity contribution in [3.63, 3.8) is 0 Å². The Kier molecular flexibility index (Phi) is 3.82. The van der Waals surface area contributed by atoms with Crippen LogP contribution in [-0.2, 0) is 6.18 Å². The number of fused-ring (bicyclic) bond motifs is 2. The van der Waals surface area contributed by atoms with Crippen molar-refractivity contribution in [1.29, 1.82) is 0 Å². The molecule has 0 saturated carbocycles. The molecule has 0 aliphatic carbocycles. The van der Waals surface area contributed by atoms with E-state index in [2.05, 4.69) is 36.8 Å². The average molecular weight is 413 g/mol. The van der Waals surface area contributed by atoms with Gasteiger partial charge in [-0.05, 0) is 59.8 Å². The van der Waals surface area contributed by atoms with Crippen LogP contribution in [-0.4, -0.2) is 16.9 Å². The topological polar surface area (TPSA) is 3.24 Å². The highest BCUT2D eigenvalue weighted by Gasteiger charge is 2.41. The van der Waals surface area contributed by atoms with Gasteiger partial charge in [-0.1, -0.05) is 15.9 Å². The molecule has 2 heterocycles. The SMILES string of the molecule is FC(F)(F)c1ccc(N2C3CCC2CC(Br)C3)c(Br)c1. The van der Waals surface area contributed by atoms with E-state index in [1.54, 1.807) is 6.07 Å². The lowest BCUT2D eigenvalue weighted by molar-refractivity contribution is -0.137. The third-order valence-corrected chi connectivity index (χ3v) is 5.61. The Labute approximate surface area is 132 Å². The molecule has 2 unspecified atom stereocenters. The maximum atomic E-state index is 12.7. The Bertz CT molecular complexity index is 504. The highest BCUT2D eigenvalue weighted by molar-refractivity contribution is 9.10. The van der Waals surface area contributed by atoms with E-state index >= 15 is 0 Å². The maximum Gasteiger partial charge on any atom is 0.416 e. The zero-order valence-corrected chi connectivity index (χ0v) is 13.8. The van der Waals surface area contributed by atoms with E-state index in [0.717, 1.165) is 31.4 Å². The van der Waals surface area contributed by atoms with Gasteiger partial charge in [0.1, 0.15) is 0 Å². The Hall–Kier alpha value is -0.230. The second-order valence-electron chi connectivity index (χ2n) is 5.52. The Morgan fingerprint density at radius 1 is 1.10 bits per heavy atom. The Balaban J connectivity index is 1.92. The van der Waals surface area contributed by atoms with Gasteiger partial charge < -0.3 is 4.90 Å². The summed E-state index contributed by atoms with van der Waals surface area (Å²) < 4.78 is 38.7. The van der Waals surface area contributed by atoms with E-state index in [9.17, 15) is 13.2 Å². The van der Waals surface area contributed by atoms with Gasteiger partial charge in [0.05, 0.1) is 11.3 Å². The standard InChI is InChI=1S/C14H14Br2F3N/c15-9-6-10-2-3-11(7-9)20(10)13-4-1-8(5-12(13)16)14(17,18)19/h1,4-5,9-11H,2-3,6-7H2. The minimum Gasteiger partial charge on any atom is -0.365 e. The Morgan fingerprint density at radius 3 is 2.20 bits per heavy atom. The van der Waals surface area contributed by atoms with E-state index in [0.29, 0.717) is 21.4 Å². The van der Waals surface area contributed by atoms with Crippen LogP contribution in [0.2, 0.25) is 0 Å². The summed E-state index contributed by atoms with van der Waals surface area (Å²) in [6.45, 7) is 0. The van der Waals surface area contributed by atoms with Crippen LogP contribution in [0.1, 0.15) is 31.2 Å². The average Bonchev–Trinajstić information content (AvgIpc) is 2.61. The number of piperidine rings is 1. The molecule has 2 fully saturated rings. The second-order valence-corrected chi connectivity index (χ2v) is 7.67. The van der Waals surface area contributed by atoms with Crippen LogP contribution in [0.3, 0.4) is 0 Å². The summed E-state index contributed by atoms with van der Waals surface area (Å²) in [5, 5.41) is 0. The van der Waals surface area contributed by atoms with Crippen molar-refractivity contribution in [2.24, 2.45) is 0 Å².